The first kappa shape index (κ1) is 15.9. The quantitative estimate of drug-likeness (QED) is 0.570. The van der Waals surface area contributed by atoms with Gasteiger partial charge in [0.15, 0.2) is 17.3 Å². The Balaban J connectivity index is 2.02. The molecule has 0 fully saturated rings. The van der Waals surface area contributed by atoms with E-state index in [1.165, 1.54) is 4.68 Å². The Morgan fingerprint density at radius 1 is 1.17 bits per heavy atom. The largest absolute Gasteiger partial charge is 0.493 e. The molecule has 3 rings (SSSR count). The van der Waals surface area contributed by atoms with Crippen LogP contribution in [0.3, 0.4) is 0 Å². The van der Waals surface area contributed by atoms with Crippen LogP contribution in [-0.4, -0.2) is 40.3 Å². The van der Waals surface area contributed by atoms with Crippen molar-refractivity contribution in [3.63, 3.8) is 0 Å². The molecule has 8 heteroatoms. The average Bonchev–Trinajstić information content (AvgIpc) is 3.00. The van der Waals surface area contributed by atoms with E-state index in [4.69, 9.17) is 21.7 Å². The van der Waals surface area contributed by atoms with Crippen LogP contribution in [0.25, 0.3) is 11.4 Å². The summed E-state index contributed by atoms with van der Waals surface area (Å²) in [7, 11) is 3.17. The molecule has 1 aromatic carbocycles. The van der Waals surface area contributed by atoms with E-state index in [9.17, 15) is 0 Å². The number of ether oxygens (including phenoxy) is 2. The van der Waals surface area contributed by atoms with Gasteiger partial charge in [-0.2, -0.15) is 14.9 Å². The maximum Gasteiger partial charge on any atom is 0.216 e. The summed E-state index contributed by atoms with van der Waals surface area (Å²) in [6, 6.07) is 11.1. The molecule has 1 N–H and O–H groups in total. The lowest BCUT2D eigenvalue weighted by Gasteiger charge is -2.09. The summed E-state index contributed by atoms with van der Waals surface area (Å²) in [4.78, 5) is 4.20. The highest BCUT2D eigenvalue weighted by atomic mass is 32.1. The van der Waals surface area contributed by atoms with Crippen LogP contribution in [-0.2, 0) is 0 Å². The van der Waals surface area contributed by atoms with E-state index in [1.54, 1.807) is 32.7 Å². The fourth-order valence-corrected chi connectivity index (χ4v) is 2.31. The van der Waals surface area contributed by atoms with Crippen LogP contribution < -0.4 is 9.47 Å². The molecule has 0 saturated heterocycles. The summed E-state index contributed by atoms with van der Waals surface area (Å²) in [6.07, 6.45) is 3.32. The third-order valence-electron chi connectivity index (χ3n) is 3.29. The molecule has 0 unspecified atom stereocenters. The van der Waals surface area contributed by atoms with Gasteiger partial charge in [-0.15, -0.1) is 0 Å². The number of nitrogens with zero attached hydrogens (tertiary/aromatic N) is 4. The second-order valence-electron chi connectivity index (χ2n) is 4.73. The van der Waals surface area contributed by atoms with Gasteiger partial charge < -0.3 is 9.47 Å². The predicted molar refractivity (Wildman–Crippen MR) is 93.2 cm³/mol. The van der Waals surface area contributed by atoms with E-state index < -0.39 is 0 Å². The van der Waals surface area contributed by atoms with Gasteiger partial charge in [0.05, 0.1) is 26.1 Å². The summed E-state index contributed by atoms with van der Waals surface area (Å²) in [6.45, 7) is 0. The number of benzene rings is 1. The van der Waals surface area contributed by atoms with Crippen LogP contribution >= 0.6 is 12.2 Å². The number of aromatic amines is 1. The summed E-state index contributed by atoms with van der Waals surface area (Å²) in [5, 5.41) is 11.4. The second kappa shape index (κ2) is 7.05. The van der Waals surface area contributed by atoms with Crippen molar-refractivity contribution < 1.29 is 9.47 Å². The number of H-pyrrole nitrogens is 1. The highest BCUT2D eigenvalue weighted by molar-refractivity contribution is 7.71. The van der Waals surface area contributed by atoms with E-state index in [1.807, 2.05) is 30.3 Å². The first-order valence-corrected chi connectivity index (χ1v) is 7.49. The first-order valence-electron chi connectivity index (χ1n) is 7.08. The van der Waals surface area contributed by atoms with Crippen LogP contribution in [0.4, 0.5) is 0 Å². The molecule has 0 aliphatic rings. The van der Waals surface area contributed by atoms with Crippen molar-refractivity contribution >= 4 is 18.4 Å². The van der Waals surface area contributed by atoms with Gasteiger partial charge in [-0.05, 0) is 42.5 Å². The number of hydrogen-bond donors (Lipinski definition) is 1. The van der Waals surface area contributed by atoms with Gasteiger partial charge in [0.25, 0.3) is 0 Å². The van der Waals surface area contributed by atoms with Crippen molar-refractivity contribution in [2.24, 2.45) is 5.10 Å². The molecule has 0 amide bonds. The third-order valence-corrected chi connectivity index (χ3v) is 3.55. The molecule has 7 nitrogen and oxygen atoms in total. The lowest BCUT2D eigenvalue weighted by Crippen LogP contribution is -1.97. The van der Waals surface area contributed by atoms with Crippen LogP contribution in [0.2, 0.25) is 0 Å². The minimum atomic E-state index is 0.381. The number of nitrogens with one attached hydrogen (secondary N) is 1. The van der Waals surface area contributed by atoms with Crippen LogP contribution in [0.5, 0.6) is 11.5 Å². The SMILES string of the molecule is COc1ccc(-c2n[nH]c(=S)n2N=Cc2ccccn2)cc1OC. The smallest absolute Gasteiger partial charge is 0.216 e. The second-order valence-corrected chi connectivity index (χ2v) is 5.12. The fraction of sp³-hybridized carbons (Fsp3) is 0.125. The van der Waals surface area contributed by atoms with E-state index in [-0.39, 0.29) is 0 Å². The molecule has 0 saturated carbocycles. The lowest BCUT2D eigenvalue weighted by atomic mass is 10.2. The van der Waals surface area contributed by atoms with Gasteiger partial charge in [-0.25, -0.2) is 5.10 Å². The Hall–Kier alpha value is -3.00. The van der Waals surface area contributed by atoms with Gasteiger partial charge in [-0.1, -0.05) is 6.07 Å². The highest BCUT2D eigenvalue weighted by Gasteiger charge is 2.12. The Morgan fingerprint density at radius 3 is 2.71 bits per heavy atom. The molecular formula is C16H15N5O2S. The molecular weight excluding hydrogens is 326 g/mol. The topological polar surface area (TPSA) is 77.3 Å². The highest BCUT2D eigenvalue weighted by Crippen LogP contribution is 2.31. The minimum absolute atomic E-state index is 0.381. The minimum Gasteiger partial charge on any atom is -0.493 e. The molecule has 122 valence electrons. The van der Waals surface area contributed by atoms with Gasteiger partial charge >= 0.3 is 0 Å². The molecule has 3 aromatic rings. The number of aromatic nitrogens is 4. The summed E-state index contributed by atoms with van der Waals surface area (Å²) in [5.41, 5.74) is 1.51. The molecule has 2 heterocycles. The molecule has 0 bridgehead atoms. The molecule has 24 heavy (non-hydrogen) atoms. The fourth-order valence-electron chi connectivity index (χ4n) is 2.13. The normalized spacial score (nSPS) is 10.9. The van der Waals surface area contributed by atoms with Crippen molar-refractivity contribution in [3.05, 3.63) is 53.1 Å². The average molecular weight is 341 g/mol. The molecule has 0 atom stereocenters. The number of rotatable bonds is 5. The Labute approximate surface area is 143 Å². The molecule has 0 radical (unpaired) electrons. The summed E-state index contributed by atoms with van der Waals surface area (Å²) < 4.78 is 12.5. The van der Waals surface area contributed by atoms with E-state index >= 15 is 0 Å². The Bertz CT molecular complexity index is 918. The number of methoxy groups -OCH3 is 2. The van der Waals surface area contributed by atoms with Crippen molar-refractivity contribution in [1.82, 2.24) is 19.9 Å². The third kappa shape index (κ3) is 3.18. The number of hydrogen-bond acceptors (Lipinski definition) is 6. The monoisotopic (exact) mass is 341 g/mol. The summed E-state index contributed by atoms with van der Waals surface area (Å²) >= 11 is 5.25. The van der Waals surface area contributed by atoms with E-state index in [0.717, 1.165) is 11.3 Å². The summed E-state index contributed by atoms with van der Waals surface area (Å²) in [5.74, 6) is 1.80. The first-order chi connectivity index (χ1) is 11.7. The van der Waals surface area contributed by atoms with Crippen LogP contribution in [0.15, 0.2) is 47.7 Å². The van der Waals surface area contributed by atoms with Gasteiger partial charge in [0, 0.05) is 11.8 Å². The zero-order valence-corrected chi connectivity index (χ0v) is 13.9. The maximum absolute atomic E-state index is 5.33. The Kier molecular flexibility index (Phi) is 4.66. The van der Waals surface area contributed by atoms with Gasteiger partial charge in [0.2, 0.25) is 4.77 Å². The van der Waals surface area contributed by atoms with Crippen molar-refractivity contribution in [1.29, 1.82) is 0 Å². The lowest BCUT2D eigenvalue weighted by molar-refractivity contribution is 0.355. The standard InChI is InChI=1S/C16H15N5O2S/c1-22-13-7-6-11(9-14(13)23-2)15-19-20-16(24)21(15)18-10-12-5-3-4-8-17-12/h3-10H,1-2H3,(H,20,24). The van der Waals surface area contributed by atoms with Crippen molar-refractivity contribution in [2.45, 2.75) is 0 Å². The zero-order valence-electron chi connectivity index (χ0n) is 13.1. The number of pyridine rings is 1. The van der Waals surface area contributed by atoms with Gasteiger partial charge in [0.1, 0.15) is 0 Å². The van der Waals surface area contributed by atoms with E-state index in [0.29, 0.717) is 22.1 Å². The van der Waals surface area contributed by atoms with Crippen molar-refractivity contribution in [3.8, 4) is 22.9 Å². The molecule has 0 aliphatic heterocycles. The zero-order chi connectivity index (χ0) is 16.9. The molecule has 2 aromatic heterocycles. The van der Waals surface area contributed by atoms with Crippen LogP contribution in [0, 0.1) is 4.77 Å². The van der Waals surface area contributed by atoms with Crippen molar-refractivity contribution in [2.75, 3.05) is 14.2 Å². The predicted octanol–water partition coefficient (Wildman–Crippen LogP) is 2.90. The Morgan fingerprint density at radius 2 is 2.00 bits per heavy atom. The van der Waals surface area contributed by atoms with Crippen LogP contribution in [0.1, 0.15) is 5.69 Å². The van der Waals surface area contributed by atoms with Gasteiger partial charge in [-0.3, -0.25) is 4.98 Å². The molecule has 0 aliphatic carbocycles. The van der Waals surface area contributed by atoms with E-state index in [2.05, 4.69) is 20.3 Å². The maximum atomic E-state index is 5.33. The molecule has 0 spiro atoms.